The van der Waals surface area contributed by atoms with Gasteiger partial charge in [0, 0.05) is 23.3 Å². The van der Waals surface area contributed by atoms with E-state index >= 15 is 0 Å². The highest BCUT2D eigenvalue weighted by atomic mass is 16.5. The number of phenols is 1. The Kier molecular flexibility index (Phi) is 12.5. The van der Waals surface area contributed by atoms with Gasteiger partial charge in [-0.1, -0.05) is 109 Å². The number of aromatic hydroxyl groups is 1. The van der Waals surface area contributed by atoms with Crippen LogP contribution in [0.2, 0.25) is 0 Å². The van der Waals surface area contributed by atoms with Crippen LogP contribution < -0.4 is 4.74 Å². The van der Waals surface area contributed by atoms with Crippen LogP contribution in [0, 0.1) is 24.7 Å². The van der Waals surface area contributed by atoms with E-state index in [0.29, 0.717) is 12.2 Å². The van der Waals surface area contributed by atoms with E-state index in [4.69, 9.17) is 4.74 Å². The van der Waals surface area contributed by atoms with Crippen molar-refractivity contribution in [3.05, 3.63) is 47.0 Å². The van der Waals surface area contributed by atoms with E-state index in [1.54, 1.807) is 0 Å². The van der Waals surface area contributed by atoms with Gasteiger partial charge in [0.15, 0.2) is 0 Å². The fourth-order valence-electron chi connectivity index (χ4n) is 5.18. The summed E-state index contributed by atoms with van der Waals surface area (Å²) >= 11 is 0. The summed E-state index contributed by atoms with van der Waals surface area (Å²) < 4.78 is 5.56. The number of phenolic OH excluding ortho intramolecular Hbond substituents is 1. The van der Waals surface area contributed by atoms with Gasteiger partial charge in [0.25, 0.3) is 0 Å². The number of hydrogen-bond donors (Lipinski definition) is 1. The zero-order valence-corrected chi connectivity index (χ0v) is 24.0. The molecule has 0 heterocycles. The first-order valence-corrected chi connectivity index (χ1v) is 14.2. The lowest BCUT2D eigenvalue weighted by molar-refractivity contribution is -0.131. The van der Waals surface area contributed by atoms with E-state index in [-0.39, 0.29) is 11.7 Å². The average Bonchev–Trinajstić information content (AvgIpc) is 2.81. The molecule has 2 aromatic carbocycles. The lowest BCUT2D eigenvalue weighted by Crippen LogP contribution is -2.05. The van der Waals surface area contributed by atoms with Gasteiger partial charge >= 0.3 is 5.97 Å². The highest BCUT2D eigenvalue weighted by molar-refractivity contribution is 5.97. The monoisotopic (exact) mass is 494 g/mol. The third-order valence-corrected chi connectivity index (χ3v) is 7.55. The zero-order valence-electron chi connectivity index (χ0n) is 24.0. The van der Waals surface area contributed by atoms with Crippen molar-refractivity contribution in [1.82, 2.24) is 0 Å². The number of benzene rings is 2. The number of allylic oxidation sites excluding steroid dienone is 2. The van der Waals surface area contributed by atoms with Crippen LogP contribution >= 0.6 is 0 Å². The van der Waals surface area contributed by atoms with Crippen molar-refractivity contribution in [1.29, 1.82) is 0 Å². The van der Waals surface area contributed by atoms with Gasteiger partial charge in [-0.3, -0.25) is 4.79 Å². The molecule has 0 bridgehead atoms. The number of ether oxygens (including phenoxy) is 1. The standard InChI is InChI=1S/C33H50O3/c1-23(2)13-10-14-24(3)15-11-16-25(4)17-12-18-26(5)21-22-29-27(6)33(36-28(7)34)31-20-9-8-19-30(31)32(29)35/h8-9,19-21,23-25,35H,10-18,22H2,1-7H3/b26-21+/t24-,25-/m1/s1. The molecule has 0 unspecified atom stereocenters. The van der Waals surface area contributed by atoms with Crippen LogP contribution in [0.15, 0.2) is 35.9 Å². The third-order valence-electron chi connectivity index (χ3n) is 7.55. The maximum Gasteiger partial charge on any atom is 0.308 e. The molecule has 0 saturated heterocycles. The summed E-state index contributed by atoms with van der Waals surface area (Å²) in [5.41, 5.74) is 3.01. The van der Waals surface area contributed by atoms with Crippen molar-refractivity contribution in [3.63, 3.8) is 0 Å². The Morgan fingerprint density at radius 2 is 1.44 bits per heavy atom. The van der Waals surface area contributed by atoms with Gasteiger partial charge in [-0.15, -0.1) is 0 Å². The van der Waals surface area contributed by atoms with Gasteiger partial charge in [-0.2, -0.15) is 0 Å². The summed E-state index contributed by atoms with van der Waals surface area (Å²) in [6.07, 6.45) is 14.6. The predicted octanol–water partition coefficient (Wildman–Crippen LogP) is 9.71. The summed E-state index contributed by atoms with van der Waals surface area (Å²) in [5, 5.41) is 12.5. The number of carbonyl (C=O) groups excluding carboxylic acids is 1. The molecule has 2 rings (SSSR count). The molecular formula is C33H50O3. The SMILES string of the molecule is CC(=O)Oc1c(C)c(C/C=C(\C)CCC[C@H](C)CCC[C@H](C)CCCC(C)C)c(O)c2ccccc12. The molecule has 36 heavy (non-hydrogen) atoms. The lowest BCUT2D eigenvalue weighted by Gasteiger charge is -2.16. The van der Waals surface area contributed by atoms with Crippen LogP contribution in [0.25, 0.3) is 10.8 Å². The average molecular weight is 495 g/mol. The van der Waals surface area contributed by atoms with E-state index in [1.807, 2.05) is 31.2 Å². The Morgan fingerprint density at radius 1 is 0.889 bits per heavy atom. The van der Waals surface area contributed by atoms with Crippen LogP contribution in [-0.2, 0) is 11.2 Å². The maximum absolute atomic E-state index is 11.7. The molecule has 3 nitrogen and oxygen atoms in total. The smallest absolute Gasteiger partial charge is 0.308 e. The van der Waals surface area contributed by atoms with E-state index in [1.165, 1.54) is 63.9 Å². The Balaban J connectivity index is 1.86. The van der Waals surface area contributed by atoms with Crippen LogP contribution in [0.3, 0.4) is 0 Å². The second-order valence-electron chi connectivity index (χ2n) is 11.5. The molecule has 0 spiro atoms. The minimum absolute atomic E-state index is 0.287. The molecule has 0 amide bonds. The molecule has 0 radical (unpaired) electrons. The van der Waals surface area contributed by atoms with Crippen LogP contribution in [0.4, 0.5) is 0 Å². The van der Waals surface area contributed by atoms with Crippen molar-refractivity contribution < 1.29 is 14.6 Å². The van der Waals surface area contributed by atoms with Gasteiger partial charge < -0.3 is 9.84 Å². The summed E-state index contributed by atoms with van der Waals surface area (Å²) in [6.45, 7) is 15.0. The number of esters is 1. The Hall–Kier alpha value is -2.29. The Bertz CT molecular complexity index is 1000. The molecule has 2 aromatic rings. The summed E-state index contributed by atoms with van der Waals surface area (Å²) in [5.74, 6) is 2.96. The normalized spacial score (nSPS) is 13.8. The van der Waals surface area contributed by atoms with Gasteiger partial charge in [-0.05, 0) is 56.4 Å². The molecule has 0 aliphatic carbocycles. The highest BCUT2D eigenvalue weighted by Crippen LogP contribution is 2.40. The summed E-state index contributed by atoms with van der Waals surface area (Å²) in [6, 6.07) is 7.56. The number of rotatable bonds is 15. The quantitative estimate of drug-likeness (QED) is 0.152. The lowest BCUT2D eigenvalue weighted by atomic mass is 9.91. The third kappa shape index (κ3) is 9.64. The van der Waals surface area contributed by atoms with E-state index < -0.39 is 0 Å². The van der Waals surface area contributed by atoms with Crippen molar-refractivity contribution in [2.75, 3.05) is 0 Å². The second kappa shape index (κ2) is 15.1. The zero-order chi connectivity index (χ0) is 26.7. The minimum atomic E-state index is -0.346. The molecule has 3 heteroatoms. The van der Waals surface area contributed by atoms with Gasteiger partial charge in [0.05, 0.1) is 0 Å². The minimum Gasteiger partial charge on any atom is -0.507 e. The van der Waals surface area contributed by atoms with Gasteiger partial charge in [-0.25, -0.2) is 0 Å². The topological polar surface area (TPSA) is 46.5 Å². The molecule has 0 saturated carbocycles. The molecular weight excluding hydrogens is 444 g/mol. The van der Waals surface area contributed by atoms with E-state index in [0.717, 1.165) is 46.1 Å². The molecule has 0 aliphatic rings. The number of hydrogen-bond acceptors (Lipinski definition) is 3. The van der Waals surface area contributed by atoms with Crippen LogP contribution in [-0.4, -0.2) is 11.1 Å². The molecule has 200 valence electrons. The molecule has 0 fully saturated rings. The number of carbonyl (C=O) groups is 1. The van der Waals surface area contributed by atoms with Crippen molar-refractivity contribution in [3.8, 4) is 11.5 Å². The molecule has 1 N–H and O–H groups in total. The fraction of sp³-hybridized carbons (Fsp3) is 0.606. The fourth-order valence-corrected chi connectivity index (χ4v) is 5.18. The van der Waals surface area contributed by atoms with Crippen LogP contribution in [0.1, 0.15) is 110 Å². The predicted molar refractivity (Wildman–Crippen MR) is 154 cm³/mol. The van der Waals surface area contributed by atoms with E-state index in [2.05, 4.69) is 40.7 Å². The first kappa shape index (κ1) is 29.9. The number of fused-ring (bicyclic) bond motifs is 1. The summed E-state index contributed by atoms with van der Waals surface area (Å²) in [4.78, 5) is 11.7. The Labute approximate surface area is 220 Å². The first-order chi connectivity index (χ1) is 17.1. The Morgan fingerprint density at radius 3 is 2.03 bits per heavy atom. The molecule has 2 atom stereocenters. The first-order valence-electron chi connectivity index (χ1n) is 14.2. The van der Waals surface area contributed by atoms with Crippen molar-refractivity contribution in [2.24, 2.45) is 17.8 Å². The highest BCUT2D eigenvalue weighted by Gasteiger charge is 2.18. The summed E-state index contributed by atoms with van der Waals surface area (Å²) in [7, 11) is 0. The van der Waals surface area contributed by atoms with Gasteiger partial charge in [0.1, 0.15) is 11.5 Å². The van der Waals surface area contributed by atoms with Crippen molar-refractivity contribution in [2.45, 2.75) is 113 Å². The second-order valence-corrected chi connectivity index (χ2v) is 11.5. The van der Waals surface area contributed by atoms with Crippen LogP contribution in [0.5, 0.6) is 11.5 Å². The van der Waals surface area contributed by atoms with E-state index in [9.17, 15) is 9.90 Å². The van der Waals surface area contributed by atoms with Crippen molar-refractivity contribution >= 4 is 16.7 Å². The maximum atomic E-state index is 11.7. The molecule has 0 aromatic heterocycles. The largest absolute Gasteiger partial charge is 0.507 e. The molecule has 0 aliphatic heterocycles. The van der Waals surface area contributed by atoms with Gasteiger partial charge in [0.2, 0.25) is 0 Å².